The van der Waals surface area contributed by atoms with E-state index in [1.54, 1.807) is 28.0 Å². The highest BCUT2D eigenvalue weighted by Crippen LogP contribution is 2.35. The molecule has 150 valence electrons. The molecule has 0 unspecified atom stereocenters. The molecule has 8 heteroatoms. The molecule has 3 rings (SSSR count). The minimum atomic E-state index is -0.171. The van der Waals surface area contributed by atoms with E-state index in [1.807, 2.05) is 0 Å². The van der Waals surface area contributed by atoms with Crippen LogP contribution in [0.1, 0.15) is 27.1 Å². The van der Waals surface area contributed by atoms with Crippen LogP contribution in [-0.2, 0) is 0 Å². The average Bonchev–Trinajstić information content (AvgIpc) is 3.16. The van der Waals surface area contributed by atoms with Crippen molar-refractivity contribution < 1.29 is 28.2 Å². The summed E-state index contributed by atoms with van der Waals surface area (Å²) in [5, 5.41) is 0. The van der Waals surface area contributed by atoms with Crippen molar-refractivity contribution in [2.24, 2.45) is 0 Å². The Morgan fingerprint density at radius 3 is 2.04 bits per heavy atom. The second kappa shape index (κ2) is 8.69. The van der Waals surface area contributed by atoms with Crippen molar-refractivity contribution in [3.8, 4) is 17.2 Å². The maximum absolute atomic E-state index is 13.1. The third-order valence-corrected chi connectivity index (χ3v) is 4.77. The molecular formula is C20H24N2O6. The van der Waals surface area contributed by atoms with Crippen LogP contribution < -0.4 is 14.2 Å². The van der Waals surface area contributed by atoms with Crippen molar-refractivity contribution in [1.82, 2.24) is 9.80 Å². The summed E-state index contributed by atoms with van der Waals surface area (Å²) < 4.78 is 21.0. The normalized spacial score (nSPS) is 14.4. The maximum Gasteiger partial charge on any atom is 0.257 e. The minimum Gasteiger partial charge on any atom is -0.496 e. The Bertz CT molecular complexity index is 833. The highest BCUT2D eigenvalue weighted by Gasteiger charge is 2.26. The molecule has 2 aromatic rings. The number of nitrogens with zero attached hydrogens (tertiary/aromatic N) is 2. The van der Waals surface area contributed by atoms with E-state index in [4.69, 9.17) is 18.6 Å². The largest absolute Gasteiger partial charge is 0.496 e. The fourth-order valence-electron chi connectivity index (χ4n) is 3.26. The summed E-state index contributed by atoms with van der Waals surface area (Å²) in [6.45, 7) is 2.01. The maximum atomic E-state index is 13.1. The van der Waals surface area contributed by atoms with Gasteiger partial charge in [-0.25, -0.2) is 0 Å². The van der Waals surface area contributed by atoms with Crippen molar-refractivity contribution in [1.29, 1.82) is 0 Å². The van der Waals surface area contributed by atoms with Crippen LogP contribution in [0.2, 0.25) is 0 Å². The molecule has 28 heavy (non-hydrogen) atoms. The fourth-order valence-corrected chi connectivity index (χ4v) is 3.26. The number of carbonyl (C=O) groups is 2. The molecule has 0 spiro atoms. The number of carbonyl (C=O) groups excluding carboxylic acids is 2. The number of benzene rings is 1. The third-order valence-electron chi connectivity index (χ3n) is 4.77. The van der Waals surface area contributed by atoms with Gasteiger partial charge >= 0.3 is 0 Å². The van der Waals surface area contributed by atoms with Crippen LogP contribution >= 0.6 is 0 Å². The van der Waals surface area contributed by atoms with Crippen LogP contribution in [0.3, 0.4) is 0 Å². The van der Waals surface area contributed by atoms with Gasteiger partial charge in [-0.15, -0.1) is 0 Å². The lowest BCUT2D eigenvalue weighted by Gasteiger charge is -2.23. The lowest BCUT2D eigenvalue weighted by atomic mass is 10.1. The van der Waals surface area contributed by atoms with Crippen molar-refractivity contribution in [2.75, 3.05) is 47.5 Å². The molecule has 1 aromatic carbocycles. The van der Waals surface area contributed by atoms with Gasteiger partial charge in [0.1, 0.15) is 12.0 Å². The first-order valence-electron chi connectivity index (χ1n) is 8.99. The monoisotopic (exact) mass is 388 g/mol. The molecule has 1 aromatic heterocycles. The van der Waals surface area contributed by atoms with Crippen LogP contribution in [0, 0.1) is 0 Å². The second-order valence-corrected chi connectivity index (χ2v) is 6.36. The van der Waals surface area contributed by atoms with Crippen LogP contribution in [0.25, 0.3) is 0 Å². The van der Waals surface area contributed by atoms with Gasteiger partial charge in [-0.2, -0.15) is 0 Å². The van der Waals surface area contributed by atoms with Crippen molar-refractivity contribution >= 4 is 11.8 Å². The second-order valence-electron chi connectivity index (χ2n) is 6.36. The van der Waals surface area contributed by atoms with E-state index in [0.29, 0.717) is 61.0 Å². The van der Waals surface area contributed by atoms with E-state index in [-0.39, 0.29) is 11.8 Å². The van der Waals surface area contributed by atoms with Crippen molar-refractivity contribution in [3.05, 3.63) is 41.9 Å². The van der Waals surface area contributed by atoms with Gasteiger partial charge in [0.25, 0.3) is 11.8 Å². The molecule has 0 aliphatic carbocycles. The summed E-state index contributed by atoms with van der Waals surface area (Å²) in [6, 6.07) is 4.91. The summed E-state index contributed by atoms with van der Waals surface area (Å²) in [7, 11) is 4.55. The molecule has 1 aliphatic heterocycles. The SMILES string of the molecule is COc1cc(OC)c(C(=O)N2CCCN(C(=O)c3ccoc3)CC2)cc1OC. The van der Waals surface area contributed by atoms with Gasteiger partial charge in [0.15, 0.2) is 11.5 Å². The quantitative estimate of drug-likeness (QED) is 0.782. The van der Waals surface area contributed by atoms with E-state index in [2.05, 4.69) is 0 Å². The van der Waals surface area contributed by atoms with Gasteiger partial charge in [-0.05, 0) is 12.5 Å². The Kier molecular flexibility index (Phi) is 6.08. The van der Waals surface area contributed by atoms with Gasteiger partial charge in [-0.3, -0.25) is 9.59 Å². The fraction of sp³-hybridized carbons (Fsp3) is 0.400. The zero-order valence-electron chi connectivity index (χ0n) is 16.3. The zero-order valence-corrected chi connectivity index (χ0v) is 16.3. The van der Waals surface area contributed by atoms with Crippen molar-refractivity contribution in [2.45, 2.75) is 6.42 Å². The third kappa shape index (κ3) is 3.90. The Labute approximate surface area is 163 Å². The average molecular weight is 388 g/mol. The lowest BCUT2D eigenvalue weighted by Crippen LogP contribution is -2.37. The predicted octanol–water partition coefficient (Wildman–Crippen LogP) is 2.29. The molecule has 1 saturated heterocycles. The van der Waals surface area contributed by atoms with E-state index in [0.717, 1.165) is 0 Å². The number of hydrogen-bond acceptors (Lipinski definition) is 6. The number of methoxy groups -OCH3 is 3. The molecule has 0 atom stereocenters. The lowest BCUT2D eigenvalue weighted by molar-refractivity contribution is 0.0716. The number of furan rings is 1. The van der Waals surface area contributed by atoms with E-state index >= 15 is 0 Å². The minimum absolute atomic E-state index is 0.0910. The van der Waals surface area contributed by atoms with Gasteiger partial charge < -0.3 is 28.4 Å². The molecule has 2 heterocycles. The van der Waals surface area contributed by atoms with Gasteiger partial charge in [0.2, 0.25) is 0 Å². The summed E-state index contributed by atoms with van der Waals surface area (Å²) in [4.78, 5) is 29.1. The van der Waals surface area contributed by atoms with Crippen LogP contribution in [0.5, 0.6) is 17.2 Å². The highest BCUT2D eigenvalue weighted by molar-refractivity contribution is 5.98. The van der Waals surface area contributed by atoms with Gasteiger partial charge in [-0.1, -0.05) is 0 Å². The molecule has 2 amide bonds. The molecule has 0 bridgehead atoms. The predicted molar refractivity (Wildman–Crippen MR) is 101 cm³/mol. The molecule has 0 radical (unpaired) electrons. The number of rotatable bonds is 5. The number of hydrogen-bond donors (Lipinski definition) is 0. The first kappa shape index (κ1) is 19.6. The van der Waals surface area contributed by atoms with E-state index in [1.165, 1.54) is 33.9 Å². The van der Waals surface area contributed by atoms with Gasteiger partial charge in [0.05, 0.1) is 38.7 Å². The van der Waals surface area contributed by atoms with Crippen LogP contribution in [0.4, 0.5) is 0 Å². The van der Waals surface area contributed by atoms with E-state index < -0.39 is 0 Å². The summed E-state index contributed by atoms with van der Waals surface area (Å²) >= 11 is 0. The molecule has 1 aliphatic rings. The topological polar surface area (TPSA) is 81.5 Å². The summed E-state index contributed by atoms with van der Waals surface area (Å²) in [6.07, 6.45) is 3.60. The first-order valence-corrected chi connectivity index (χ1v) is 8.99. The Morgan fingerprint density at radius 2 is 1.46 bits per heavy atom. The highest BCUT2D eigenvalue weighted by atomic mass is 16.5. The number of ether oxygens (including phenoxy) is 3. The van der Waals surface area contributed by atoms with Crippen molar-refractivity contribution in [3.63, 3.8) is 0 Å². The molecule has 0 saturated carbocycles. The molecule has 1 fully saturated rings. The molecule has 0 N–H and O–H groups in total. The number of amides is 2. The summed E-state index contributed by atoms with van der Waals surface area (Å²) in [5.74, 6) is 1.10. The zero-order chi connectivity index (χ0) is 20.1. The summed E-state index contributed by atoms with van der Waals surface area (Å²) in [5.41, 5.74) is 0.913. The smallest absolute Gasteiger partial charge is 0.257 e. The standard InChI is InChI=1S/C20H24N2O6/c1-25-16-12-18(27-3)17(26-2)11-15(16)20(24)22-7-4-6-21(8-9-22)19(23)14-5-10-28-13-14/h5,10-13H,4,6-9H2,1-3H3. The van der Waals surface area contributed by atoms with Crippen LogP contribution in [-0.4, -0.2) is 69.1 Å². The van der Waals surface area contributed by atoms with Crippen LogP contribution in [0.15, 0.2) is 35.1 Å². The molecule has 8 nitrogen and oxygen atoms in total. The Morgan fingerprint density at radius 1 is 0.857 bits per heavy atom. The van der Waals surface area contributed by atoms with E-state index in [9.17, 15) is 9.59 Å². The Hall–Kier alpha value is -3.16. The van der Waals surface area contributed by atoms with Gasteiger partial charge in [0, 0.05) is 38.3 Å². The Balaban J connectivity index is 1.77. The first-order chi connectivity index (χ1) is 13.6. The molecular weight excluding hydrogens is 364 g/mol.